The topological polar surface area (TPSA) is 43.8 Å². The average Bonchev–Trinajstić information content (AvgIpc) is 2.59. The van der Waals surface area contributed by atoms with Crippen molar-refractivity contribution in [3.63, 3.8) is 0 Å². The van der Waals surface area contributed by atoms with E-state index in [2.05, 4.69) is 23.4 Å². The maximum Gasteiger partial charge on any atom is 0.0950 e. The number of imidazole rings is 1. The number of rotatable bonds is 3. The van der Waals surface area contributed by atoms with Crippen LogP contribution in [0.5, 0.6) is 0 Å². The van der Waals surface area contributed by atoms with Crippen molar-refractivity contribution in [1.82, 2.24) is 9.55 Å². The van der Waals surface area contributed by atoms with Crippen LogP contribution < -0.4 is 5.73 Å². The van der Waals surface area contributed by atoms with Crippen LogP contribution >= 0.6 is 0 Å². The molecule has 0 spiro atoms. The molecular weight excluding hydrogens is 174 g/mol. The van der Waals surface area contributed by atoms with E-state index in [0.29, 0.717) is 18.0 Å². The van der Waals surface area contributed by atoms with E-state index in [-0.39, 0.29) is 0 Å². The quantitative estimate of drug-likeness (QED) is 0.798. The molecule has 78 valence electrons. The molecular formula is C11H19N3. The van der Waals surface area contributed by atoms with E-state index in [4.69, 9.17) is 5.73 Å². The molecule has 0 aliphatic heterocycles. The van der Waals surface area contributed by atoms with E-state index in [0.717, 1.165) is 12.8 Å². The zero-order valence-electron chi connectivity index (χ0n) is 8.98. The Morgan fingerprint density at radius 3 is 2.93 bits per heavy atom. The lowest BCUT2D eigenvalue weighted by Crippen LogP contribution is -2.38. The summed E-state index contributed by atoms with van der Waals surface area (Å²) in [5.74, 6) is 0.606. The van der Waals surface area contributed by atoms with Crippen LogP contribution in [0.3, 0.4) is 0 Å². The Hall–Kier alpha value is -0.830. The summed E-state index contributed by atoms with van der Waals surface area (Å²) in [4.78, 5) is 4.24. The summed E-state index contributed by atoms with van der Waals surface area (Å²) in [5.41, 5.74) is 7.17. The van der Waals surface area contributed by atoms with Crippen LogP contribution in [0.25, 0.3) is 0 Å². The fraction of sp³-hybridized carbons (Fsp3) is 0.727. The average molecular weight is 193 g/mol. The van der Waals surface area contributed by atoms with Gasteiger partial charge in [-0.2, -0.15) is 0 Å². The highest BCUT2D eigenvalue weighted by molar-refractivity contribution is 5.08. The lowest BCUT2D eigenvalue weighted by Gasteiger charge is -2.35. The predicted molar refractivity (Wildman–Crippen MR) is 57.2 cm³/mol. The smallest absolute Gasteiger partial charge is 0.0950 e. The number of aromatic nitrogens is 2. The van der Waals surface area contributed by atoms with Gasteiger partial charge in [0.05, 0.1) is 6.33 Å². The number of hydrogen-bond acceptors (Lipinski definition) is 2. The highest BCUT2D eigenvalue weighted by atomic mass is 15.1. The molecule has 14 heavy (non-hydrogen) atoms. The summed E-state index contributed by atoms with van der Waals surface area (Å²) < 4.78 is 2.32. The molecule has 1 aliphatic rings. The van der Waals surface area contributed by atoms with Crippen molar-refractivity contribution in [1.29, 1.82) is 0 Å². The van der Waals surface area contributed by atoms with Crippen LogP contribution in [0.1, 0.15) is 50.8 Å². The zero-order chi connectivity index (χ0) is 10.1. The van der Waals surface area contributed by atoms with E-state index in [1.165, 1.54) is 12.1 Å². The fourth-order valence-electron chi connectivity index (χ4n) is 2.07. The normalized spacial score (nSPS) is 28.5. The van der Waals surface area contributed by atoms with Crippen molar-refractivity contribution < 1.29 is 0 Å². The lowest BCUT2D eigenvalue weighted by molar-refractivity contribution is 0.259. The van der Waals surface area contributed by atoms with Crippen molar-refractivity contribution >= 4 is 0 Å². The van der Waals surface area contributed by atoms with Gasteiger partial charge in [-0.15, -0.1) is 0 Å². The first-order chi connectivity index (χ1) is 6.72. The van der Waals surface area contributed by atoms with Gasteiger partial charge < -0.3 is 10.3 Å². The molecule has 2 rings (SSSR count). The molecule has 2 N–H and O–H groups in total. The number of hydrogen-bond donors (Lipinski definition) is 1. The minimum absolute atomic E-state index is 0.409. The third kappa shape index (κ3) is 1.57. The molecule has 1 unspecified atom stereocenters. The van der Waals surface area contributed by atoms with Crippen molar-refractivity contribution in [2.24, 2.45) is 5.73 Å². The highest BCUT2D eigenvalue weighted by Gasteiger charge is 2.29. The van der Waals surface area contributed by atoms with Crippen LogP contribution in [0.4, 0.5) is 0 Å². The van der Waals surface area contributed by atoms with Gasteiger partial charge in [-0.05, 0) is 25.2 Å². The molecule has 0 aromatic carbocycles. The van der Waals surface area contributed by atoms with Crippen molar-refractivity contribution in [3.05, 3.63) is 18.2 Å². The Kier molecular flexibility index (Phi) is 2.59. The Morgan fingerprint density at radius 2 is 2.36 bits per heavy atom. The van der Waals surface area contributed by atoms with Crippen molar-refractivity contribution in [2.75, 3.05) is 0 Å². The first kappa shape index (κ1) is 9.71. The molecule has 3 nitrogen and oxygen atoms in total. The zero-order valence-corrected chi connectivity index (χ0v) is 8.98. The van der Waals surface area contributed by atoms with Gasteiger partial charge in [-0.25, -0.2) is 4.98 Å². The molecule has 1 aromatic heterocycles. The van der Waals surface area contributed by atoms with Crippen molar-refractivity contribution in [3.8, 4) is 0 Å². The minimum Gasteiger partial charge on any atom is -0.331 e. The van der Waals surface area contributed by atoms with Gasteiger partial charge in [0, 0.05) is 24.0 Å². The summed E-state index contributed by atoms with van der Waals surface area (Å²) in [6.07, 6.45) is 7.35. The van der Waals surface area contributed by atoms with E-state index in [1.807, 2.05) is 12.5 Å². The minimum atomic E-state index is 0.409. The van der Waals surface area contributed by atoms with E-state index >= 15 is 0 Å². The molecule has 0 bridgehead atoms. The molecule has 1 fully saturated rings. The largest absolute Gasteiger partial charge is 0.331 e. The van der Waals surface area contributed by atoms with Gasteiger partial charge in [-0.1, -0.05) is 13.8 Å². The van der Waals surface area contributed by atoms with E-state index in [1.54, 1.807) is 0 Å². The van der Waals surface area contributed by atoms with Crippen LogP contribution in [0.15, 0.2) is 12.5 Å². The molecule has 1 heterocycles. The van der Waals surface area contributed by atoms with Gasteiger partial charge >= 0.3 is 0 Å². The Morgan fingerprint density at radius 1 is 1.64 bits per heavy atom. The van der Waals surface area contributed by atoms with Gasteiger partial charge in [0.15, 0.2) is 0 Å². The first-order valence-electron chi connectivity index (χ1n) is 5.49. The Balaban J connectivity index is 2.13. The summed E-state index contributed by atoms with van der Waals surface area (Å²) in [6, 6.07) is 1.02. The van der Waals surface area contributed by atoms with Crippen molar-refractivity contribution in [2.45, 2.75) is 51.1 Å². The van der Waals surface area contributed by atoms with Gasteiger partial charge in [0.1, 0.15) is 0 Å². The number of nitrogens with zero attached hydrogens (tertiary/aromatic N) is 2. The van der Waals surface area contributed by atoms with Crippen LogP contribution in [0.2, 0.25) is 0 Å². The molecule has 1 atom stereocenters. The number of nitrogens with two attached hydrogens (primary N) is 1. The maximum absolute atomic E-state index is 5.80. The summed E-state index contributed by atoms with van der Waals surface area (Å²) in [7, 11) is 0. The third-order valence-electron chi connectivity index (χ3n) is 3.36. The van der Waals surface area contributed by atoms with Crippen LogP contribution in [-0.2, 0) is 0 Å². The second-order valence-corrected chi connectivity index (χ2v) is 4.42. The van der Waals surface area contributed by atoms with Gasteiger partial charge in [0.25, 0.3) is 0 Å². The molecule has 3 heteroatoms. The standard InChI is InChI=1S/C11H19N3/c1-3-8(2)11-6-13-7-14(11)10-4-9(12)5-10/h6-10H,3-5,12H2,1-2H3. The van der Waals surface area contributed by atoms with E-state index < -0.39 is 0 Å². The van der Waals surface area contributed by atoms with E-state index in [9.17, 15) is 0 Å². The lowest BCUT2D eigenvalue weighted by atomic mass is 9.87. The van der Waals surface area contributed by atoms with Gasteiger partial charge in [-0.3, -0.25) is 0 Å². The molecule has 1 saturated carbocycles. The van der Waals surface area contributed by atoms with Crippen LogP contribution in [0, 0.1) is 0 Å². The summed E-state index contributed by atoms with van der Waals surface area (Å²) >= 11 is 0. The molecule has 0 amide bonds. The van der Waals surface area contributed by atoms with Crippen LogP contribution in [-0.4, -0.2) is 15.6 Å². The monoisotopic (exact) mass is 193 g/mol. The fourth-order valence-corrected chi connectivity index (χ4v) is 2.07. The predicted octanol–water partition coefficient (Wildman–Crippen LogP) is 2.06. The summed E-state index contributed by atoms with van der Waals surface area (Å²) in [6.45, 7) is 4.47. The molecule has 0 radical (unpaired) electrons. The molecule has 1 aliphatic carbocycles. The SMILES string of the molecule is CCC(C)c1cncn1C1CC(N)C1. The molecule has 1 aromatic rings. The molecule has 0 saturated heterocycles. The Bertz CT molecular complexity index is 299. The summed E-state index contributed by atoms with van der Waals surface area (Å²) in [5, 5.41) is 0. The second kappa shape index (κ2) is 3.73. The Labute approximate surface area is 85.3 Å². The van der Waals surface area contributed by atoms with Gasteiger partial charge in [0.2, 0.25) is 0 Å². The third-order valence-corrected chi connectivity index (χ3v) is 3.36. The highest BCUT2D eigenvalue weighted by Crippen LogP contribution is 2.33. The second-order valence-electron chi connectivity index (χ2n) is 4.42. The first-order valence-corrected chi connectivity index (χ1v) is 5.49. The maximum atomic E-state index is 5.80.